The third-order valence-corrected chi connectivity index (χ3v) is 6.15. The predicted molar refractivity (Wildman–Crippen MR) is 112 cm³/mol. The molecule has 1 atom stereocenters. The number of nitrogens with one attached hydrogen (secondary N) is 2. The third kappa shape index (κ3) is 6.96. The largest absolute Gasteiger partial charge is 0.497 e. The topological polar surface area (TPSA) is 162 Å². The Morgan fingerprint density at radius 2 is 1.69 bits per heavy atom. The summed E-state index contributed by atoms with van der Waals surface area (Å²) in [4.78, 5) is 36.6. The van der Waals surface area contributed by atoms with Crippen molar-refractivity contribution in [2.75, 3.05) is 19.4 Å². The van der Waals surface area contributed by atoms with E-state index in [2.05, 4.69) is 5.32 Å². The number of hydrogen-bond donors (Lipinski definition) is 4. The number of benzene rings is 2. The maximum atomic E-state index is 12.7. The molecule has 0 saturated carbocycles. The van der Waals surface area contributed by atoms with Gasteiger partial charge in [0.05, 0.1) is 17.8 Å². The van der Waals surface area contributed by atoms with E-state index in [4.69, 9.17) is 9.94 Å². The van der Waals surface area contributed by atoms with E-state index < -0.39 is 46.1 Å². The summed E-state index contributed by atoms with van der Waals surface area (Å²) in [7, 11) is -2.64. The number of sulfone groups is 1. The molecule has 11 nitrogen and oxygen atoms in total. The Morgan fingerprint density at radius 1 is 1.06 bits per heavy atom. The number of carbonyl (C=O) groups is 3. The summed E-state index contributed by atoms with van der Waals surface area (Å²) in [5, 5.41) is 20.5. The van der Waals surface area contributed by atoms with Crippen LogP contribution in [0.2, 0.25) is 0 Å². The number of hydrogen-bond acceptors (Lipinski definition) is 7. The van der Waals surface area contributed by atoms with Crippen LogP contribution in [0.4, 0.5) is 4.79 Å². The zero-order valence-corrected chi connectivity index (χ0v) is 17.9. The van der Waals surface area contributed by atoms with Gasteiger partial charge in [-0.1, -0.05) is 30.3 Å². The fourth-order valence-electron chi connectivity index (χ4n) is 2.77. The minimum Gasteiger partial charge on any atom is -0.497 e. The van der Waals surface area contributed by atoms with E-state index >= 15 is 0 Å². The molecule has 0 fully saturated rings. The number of amides is 3. The van der Waals surface area contributed by atoms with Gasteiger partial charge in [0.25, 0.3) is 5.91 Å². The highest BCUT2D eigenvalue weighted by molar-refractivity contribution is 7.91. The predicted octanol–water partition coefficient (Wildman–Crippen LogP) is 0.639. The van der Waals surface area contributed by atoms with Crippen molar-refractivity contribution < 1.29 is 37.9 Å². The molecule has 32 heavy (non-hydrogen) atoms. The van der Waals surface area contributed by atoms with Crippen molar-refractivity contribution in [3.8, 4) is 5.75 Å². The average Bonchev–Trinajstić information content (AvgIpc) is 2.78. The van der Waals surface area contributed by atoms with Crippen molar-refractivity contribution in [3.63, 3.8) is 0 Å². The molecule has 0 aromatic heterocycles. The van der Waals surface area contributed by atoms with Crippen molar-refractivity contribution in [3.05, 3.63) is 60.2 Å². The quantitative estimate of drug-likeness (QED) is 0.293. The van der Waals surface area contributed by atoms with Crippen LogP contribution >= 0.6 is 0 Å². The molecule has 0 saturated heterocycles. The molecule has 0 aliphatic carbocycles. The van der Waals surface area contributed by atoms with Crippen LogP contribution in [-0.4, -0.2) is 67.0 Å². The van der Waals surface area contributed by atoms with Crippen molar-refractivity contribution in [1.29, 1.82) is 0 Å². The van der Waals surface area contributed by atoms with Crippen LogP contribution in [0.3, 0.4) is 0 Å². The Hall–Kier alpha value is -3.64. The van der Waals surface area contributed by atoms with Gasteiger partial charge < -0.3 is 15.2 Å². The second-order valence-electron chi connectivity index (χ2n) is 6.68. The van der Waals surface area contributed by atoms with E-state index in [9.17, 15) is 27.9 Å². The number of carboxylic acid groups (broad SMARTS) is 1. The van der Waals surface area contributed by atoms with E-state index in [0.717, 1.165) is 4.90 Å². The minimum atomic E-state index is -4.05. The van der Waals surface area contributed by atoms with Gasteiger partial charge in [0.1, 0.15) is 18.3 Å². The number of methoxy groups -OCH3 is 1. The summed E-state index contributed by atoms with van der Waals surface area (Å²) in [5.41, 5.74) is 1.94. The lowest BCUT2D eigenvalue weighted by molar-refractivity contribution is -0.134. The first-order valence-corrected chi connectivity index (χ1v) is 10.9. The maximum absolute atomic E-state index is 12.7. The molecule has 0 radical (unpaired) electrons. The number of nitrogens with zero attached hydrogens (tertiary/aromatic N) is 1. The smallest absolute Gasteiger partial charge is 0.408 e. The van der Waals surface area contributed by atoms with Gasteiger partial charge in [-0.15, -0.1) is 0 Å². The Balaban J connectivity index is 2.12. The molecular weight excluding hydrogens is 442 g/mol. The van der Waals surface area contributed by atoms with E-state index in [1.165, 1.54) is 36.9 Å². The van der Waals surface area contributed by atoms with Crippen molar-refractivity contribution in [1.82, 2.24) is 15.7 Å². The third-order valence-electron chi connectivity index (χ3n) is 4.39. The molecule has 0 aliphatic rings. The summed E-state index contributed by atoms with van der Waals surface area (Å²) < 4.78 is 30.3. The first kappa shape index (κ1) is 24.6. The summed E-state index contributed by atoms with van der Waals surface area (Å²) >= 11 is 0. The molecule has 2 rings (SSSR count). The number of rotatable bonds is 10. The first-order chi connectivity index (χ1) is 15.2. The van der Waals surface area contributed by atoms with Gasteiger partial charge in [-0.05, 0) is 29.8 Å². The fraction of sp³-hybridized carbons (Fsp3) is 0.250. The molecule has 172 valence electrons. The monoisotopic (exact) mass is 465 g/mol. The molecule has 1 unspecified atom stereocenters. The van der Waals surface area contributed by atoms with Crippen molar-refractivity contribution in [2.24, 2.45) is 0 Å². The highest BCUT2D eigenvalue weighted by Gasteiger charge is 2.29. The molecule has 0 spiro atoms. The van der Waals surface area contributed by atoms with Crippen LogP contribution < -0.4 is 15.5 Å². The average molecular weight is 465 g/mol. The Bertz CT molecular complexity index is 1040. The molecule has 2 aromatic rings. The second kappa shape index (κ2) is 11.1. The summed E-state index contributed by atoms with van der Waals surface area (Å²) in [6, 6.07) is 12.2. The Labute approximate surface area is 184 Å². The molecule has 3 amide bonds. The number of ether oxygens (including phenoxy) is 1. The number of carbonyl (C=O) groups excluding carboxylic acids is 2. The van der Waals surface area contributed by atoms with Crippen LogP contribution in [-0.2, 0) is 26.0 Å². The molecule has 12 heteroatoms. The maximum Gasteiger partial charge on any atom is 0.408 e. The van der Waals surface area contributed by atoms with Crippen LogP contribution in [0, 0.1) is 0 Å². The summed E-state index contributed by atoms with van der Waals surface area (Å²) in [6.45, 7) is -0.743. The standard InChI is InChI=1S/C20H23N3O8S/c1-31-15-7-9-16(10-8-15)32(29,30)13-17(19(25)22-28)21-18(24)12-23(20(26)27)11-14-5-3-2-4-6-14/h2-10,17,28H,11-13H2,1H3,(H,21,24)(H,22,25)(H,26,27). The van der Waals surface area contributed by atoms with Crippen LogP contribution in [0.25, 0.3) is 0 Å². The molecule has 0 aliphatic heterocycles. The van der Waals surface area contributed by atoms with Gasteiger partial charge >= 0.3 is 6.09 Å². The summed E-state index contributed by atoms with van der Waals surface area (Å²) in [5.74, 6) is -2.51. The number of hydroxylamine groups is 1. The normalized spacial score (nSPS) is 11.8. The van der Waals surface area contributed by atoms with E-state index in [0.29, 0.717) is 11.3 Å². The van der Waals surface area contributed by atoms with Crippen molar-refractivity contribution >= 4 is 27.7 Å². The van der Waals surface area contributed by atoms with Crippen LogP contribution in [0.1, 0.15) is 5.56 Å². The van der Waals surface area contributed by atoms with Gasteiger partial charge in [-0.2, -0.15) is 0 Å². The molecule has 0 heterocycles. The van der Waals surface area contributed by atoms with Gasteiger partial charge in [0, 0.05) is 6.54 Å². The lowest BCUT2D eigenvalue weighted by Gasteiger charge is -2.21. The van der Waals surface area contributed by atoms with Gasteiger partial charge in [0.15, 0.2) is 9.84 Å². The molecule has 2 aromatic carbocycles. The Kier molecular flexibility index (Phi) is 8.55. The van der Waals surface area contributed by atoms with Crippen molar-refractivity contribution in [2.45, 2.75) is 17.5 Å². The van der Waals surface area contributed by atoms with Gasteiger partial charge in [-0.25, -0.2) is 18.7 Å². The zero-order chi connectivity index (χ0) is 23.7. The highest BCUT2D eigenvalue weighted by atomic mass is 32.2. The van der Waals surface area contributed by atoms with Gasteiger partial charge in [0.2, 0.25) is 5.91 Å². The lowest BCUT2D eigenvalue weighted by atomic mass is 10.2. The van der Waals surface area contributed by atoms with E-state index in [1.54, 1.807) is 30.3 Å². The molecule has 0 bridgehead atoms. The SMILES string of the molecule is COc1ccc(S(=O)(=O)CC(NC(=O)CN(Cc2ccccc2)C(=O)O)C(=O)NO)cc1. The fourth-order valence-corrected chi connectivity index (χ4v) is 4.18. The van der Waals surface area contributed by atoms with Crippen LogP contribution in [0.5, 0.6) is 5.75 Å². The minimum absolute atomic E-state index is 0.0927. The lowest BCUT2D eigenvalue weighted by Crippen LogP contribution is -2.52. The first-order valence-electron chi connectivity index (χ1n) is 9.28. The van der Waals surface area contributed by atoms with Crippen LogP contribution in [0.15, 0.2) is 59.5 Å². The second-order valence-corrected chi connectivity index (χ2v) is 8.71. The molecular formula is C20H23N3O8S. The Morgan fingerprint density at radius 3 is 2.22 bits per heavy atom. The van der Waals surface area contributed by atoms with Gasteiger partial charge in [-0.3, -0.25) is 19.7 Å². The van der Waals surface area contributed by atoms with E-state index in [-0.39, 0.29) is 11.4 Å². The highest BCUT2D eigenvalue weighted by Crippen LogP contribution is 2.17. The molecule has 4 N–H and O–H groups in total. The zero-order valence-electron chi connectivity index (χ0n) is 17.1. The summed E-state index contributed by atoms with van der Waals surface area (Å²) in [6.07, 6.45) is -1.38. The van der Waals surface area contributed by atoms with E-state index in [1.807, 2.05) is 0 Å².